The summed E-state index contributed by atoms with van der Waals surface area (Å²) in [5.74, 6) is -0.751. The van der Waals surface area contributed by atoms with Crippen LogP contribution in [0, 0.1) is 35.0 Å². The molecule has 2 N–H and O–H groups in total. The maximum atomic E-state index is 14.3. The Kier molecular flexibility index (Phi) is 21.7. The van der Waals surface area contributed by atoms with Gasteiger partial charge >= 0.3 is 0 Å². The summed E-state index contributed by atoms with van der Waals surface area (Å²) >= 11 is 0. The van der Waals surface area contributed by atoms with E-state index in [-0.39, 0.29) is 47.7 Å². The lowest BCUT2D eigenvalue weighted by atomic mass is 9.75. The van der Waals surface area contributed by atoms with E-state index in [9.17, 15) is 24.0 Å². The van der Waals surface area contributed by atoms with Crippen molar-refractivity contribution in [2.75, 3.05) is 19.8 Å². The Hall–Kier alpha value is -3.49. The van der Waals surface area contributed by atoms with Crippen LogP contribution >= 0.6 is 0 Å². The molecule has 7 atom stereocenters. The van der Waals surface area contributed by atoms with Gasteiger partial charge in [0.15, 0.2) is 17.3 Å². The number of hydrogen-bond donors (Lipinski definition) is 2. The number of ether oxygens (including phenoxy) is 1. The van der Waals surface area contributed by atoms with Crippen LogP contribution in [0.1, 0.15) is 150 Å². The first kappa shape index (κ1) is 48.7. The van der Waals surface area contributed by atoms with Crippen molar-refractivity contribution in [2.24, 2.45) is 35.0 Å². The second kappa shape index (κ2) is 25.0. The zero-order chi connectivity index (χ0) is 41.8. The Morgan fingerprint density at radius 2 is 1.39 bits per heavy atom. The maximum absolute atomic E-state index is 14.3. The first-order valence-electron chi connectivity index (χ1n) is 21.4. The van der Waals surface area contributed by atoms with E-state index in [0.29, 0.717) is 49.4 Å². The molecule has 0 saturated heterocycles. The van der Waals surface area contributed by atoms with Gasteiger partial charge in [0.1, 0.15) is 6.04 Å². The Bertz CT molecular complexity index is 1480. The van der Waals surface area contributed by atoms with Gasteiger partial charge in [-0.25, -0.2) is 0 Å². The van der Waals surface area contributed by atoms with Crippen LogP contribution < -0.4 is 10.6 Å². The summed E-state index contributed by atoms with van der Waals surface area (Å²) in [7, 11) is 0. The molecule has 0 radical (unpaired) electrons. The minimum atomic E-state index is -0.797. The molecule has 0 aliphatic heterocycles. The molecule has 3 rings (SSSR count). The molecule has 1 aliphatic carbocycles. The number of nitrogens with one attached hydrogen (secondary N) is 2. The number of benzene rings is 2. The Labute approximate surface area is 339 Å². The summed E-state index contributed by atoms with van der Waals surface area (Å²) in [5.41, 5.74) is 1.73. The van der Waals surface area contributed by atoms with Gasteiger partial charge in [0.05, 0.1) is 12.6 Å². The number of carbonyl (C=O) groups excluding carboxylic acids is 5. The Morgan fingerprint density at radius 3 is 1.93 bits per heavy atom. The van der Waals surface area contributed by atoms with Crippen LogP contribution in [0.4, 0.5) is 0 Å². The summed E-state index contributed by atoms with van der Waals surface area (Å²) in [4.78, 5) is 65.5. The summed E-state index contributed by atoms with van der Waals surface area (Å²) in [6.45, 7) is 22.2. The fourth-order valence-electron chi connectivity index (χ4n) is 8.04. The number of Topliss-reactive ketones (excluding diaryl/α,β-unsaturated/α-hetero) is 4. The smallest absolute Gasteiger partial charge is 0.221 e. The zero-order valence-corrected chi connectivity index (χ0v) is 36.3. The summed E-state index contributed by atoms with van der Waals surface area (Å²) in [6.07, 6.45) is 5.36. The summed E-state index contributed by atoms with van der Waals surface area (Å²) < 4.78 is 6.29. The third kappa shape index (κ3) is 15.8. The topological polar surface area (TPSA) is 119 Å². The molecule has 2 aromatic rings. The van der Waals surface area contributed by atoms with Crippen LogP contribution in [0.3, 0.4) is 0 Å². The lowest BCUT2D eigenvalue weighted by Crippen LogP contribution is -2.50. The molecule has 0 spiro atoms. The predicted octanol–water partition coefficient (Wildman–Crippen LogP) is 9.66. The van der Waals surface area contributed by atoms with Crippen LogP contribution in [0.2, 0.25) is 0 Å². The highest BCUT2D eigenvalue weighted by Crippen LogP contribution is 2.43. The Morgan fingerprint density at radius 1 is 0.804 bits per heavy atom. The Balaban J connectivity index is 0.00000349. The first-order chi connectivity index (χ1) is 26.6. The van der Waals surface area contributed by atoms with E-state index in [4.69, 9.17) is 4.74 Å². The van der Waals surface area contributed by atoms with E-state index >= 15 is 0 Å². The number of carbonyl (C=O) groups is 5. The third-order valence-corrected chi connectivity index (χ3v) is 11.2. The van der Waals surface area contributed by atoms with Gasteiger partial charge in [-0.15, -0.1) is 0 Å². The molecule has 0 aromatic heterocycles. The van der Waals surface area contributed by atoms with Gasteiger partial charge in [0.25, 0.3) is 0 Å². The van der Waals surface area contributed by atoms with Crippen LogP contribution in [0.25, 0.3) is 0 Å². The number of ketones is 4. The van der Waals surface area contributed by atoms with Crippen LogP contribution in [-0.2, 0) is 28.7 Å². The highest BCUT2D eigenvalue weighted by molar-refractivity contribution is 6.38. The zero-order valence-electron chi connectivity index (χ0n) is 36.3. The van der Waals surface area contributed by atoms with Crippen LogP contribution in [0.15, 0.2) is 60.7 Å². The minimum Gasteiger partial charge on any atom is -0.381 e. The predicted molar refractivity (Wildman–Crippen MR) is 227 cm³/mol. The quantitative estimate of drug-likeness (QED) is 0.0853. The van der Waals surface area contributed by atoms with Gasteiger partial charge in [-0.2, -0.15) is 0 Å². The molecule has 8 heteroatoms. The largest absolute Gasteiger partial charge is 0.381 e. The van der Waals surface area contributed by atoms with E-state index in [1.807, 2.05) is 19.1 Å². The first-order valence-corrected chi connectivity index (χ1v) is 21.4. The number of amides is 1. The highest BCUT2D eigenvalue weighted by atomic mass is 16.5. The normalized spacial score (nSPS) is 18.9. The molecule has 1 fully saturated rings. The van der Waals surface area contributed by atoms with Gasteiger partial charge in [-0.1, -0.05) is 136 Å². The maximum Gasteiger partial charge on any atom is 0.221 e. The summed E-state index contributed by atoms with van der Waals surface area (Å²) in [5, 5.41) is 6.37. The van der Waals surface area contributed by atoms with Crippen molar-refractivity contribution >= 4 is 29.0 Å². The molecule has 1 aliphatic rings. The fourth-order valence-corrected chi connectivity index (χ4v) is 8.04. The standard InChI is InChI=1S/C45H66N2O6.C3H8/c1-9-16-35(42(51)39(49)23-24-40(50)47-41(32(5)48)34-19-14-11-15-20-34)26-28-53-29-38-36(30(2)3)21-22-37(38)43(52)44(45(6,7)8)46-27-25-31(4)33-17-12-10-13-18-33;1-3-2/h10-15,17-20,30-31,35-38,41,44,46H,9,16,21-29H2,1-8H3,(H,47,50);3H2,1-2H3/t31?,35?,36?,37?,38?,41-,44?;/m1./s1. The third-order valence-electron chi connectivity index (χ3n) is 11.2. The molecule has 0 bridgehead atoms. The minimum absolute atomic E-state index is 0.0903. The lowest BCUT2D eigenvalue weighted by molar-refractivity contribution is -0.140. The monoisotopic (exact) mass is 775 g/mol. The van der Waals surface area contributed by atoms with E-state index in [1.165, 1.54) is 18.9 Å². The molecule has 2 aromatic carbocycles. The van der Waals surface area contributed by atoms with E-state index in [0.717, 1.165) is 32.2 Å². The molecular weight excluding hydrogens is 701 g/mol. The SMILES string of the molecule is CCC.CCCC(CCOCC1C(C(=O)C(NCCC(C)c2ccccc2)C(C)(C)C)CCC1C(C)C)C(=O)C(=O)CCC(=O)N[C@H](C(C)=O)c1ccccc1. The van der Waals surface area contributed by atoms with Crippen LogP contribution in [-0.4, -0.2) is 54.8 Å². The van der Waals surface area contributed by atoms with E-state index < -0.39 is 29.4 Å². The molecule has 1 saturated carbocycles. The van der Waals surface area contributed by atoms with Crippen LogP contribution in [0.5, 0.6) is 0 Å². The fraction of sp³-hybridized carbons (Fsp3) is 0.646. The van der Waals surface area contributed by atoms with E-state index in [1.54, 1.807) is 24.3 Å². The molecule has 312 valence electrons. The molecule has 8 nitrogen and oxygen atoms in total. The van der Waals surface area contributed by atoms with Gasteiger partial charge in [0.2, 0.25) is 11.7 Å². The number of hydrogen-bond acceptors (Lipinski definition) is 7. The van der Waals surface area contributed by atoms with Crippen molar-refractivity contribution in [1.29, 1.82) is 0 Å². The summed E-state index contributed by atoms with van der Waals surface area (Å²) in [6, 6.07) is 18.4. The van der Waals surface area contributed by atoms with Gasteiger partial charge in [-0.05, 0) is 85.8 Å². The average Bonchev–Trinajstić information content (AvgIpc) is 3.60. The molecule has 1 amide bonds. The molecule has 6 unspecified atom stereocenters. The van der Waals surface area contributed by atoms with Crippen molar-refractivity contribution < 1.29 is 28.7 Å². The van der Waals surface area contributed by atoms with Gasteiger partial charge in [0, 0.05) is 31.3 Å². The highest BCUT2D eigenvalue weighted by Gasteiger charge is 2.45. The van der Waals surface area contributed by atoms with Crippen molar-refractivity contribution in [1.82, 2.24) is 10.6 Å². The van der Waals surface area contributed by atoms with Crippen molar-refractivity contribution in [3.05, 3.63) is 71.8 Å². The number of rotatable bonds is 23. The molecule has 56 heavy (non-hydrogen) atoms. The molecule has 0 heterocycles. The van der Waals surface area contributed by atoms with Crippen molar-refractivity contribution in [3.8, 4) is 0 Å². The van der Waals surface area contributed by atoms with Gasteiger partial charge < -0.3 is 15.4 Å². The average molecular weight is 775 g/mol. The second-order valence-corrected chi connectivity index (χ2v) is 17.4. The van der Waals surface area contributed by atoms with Gasteiger partial charge in [-0.3, -0.25) is 24.0 Å². The lowest BCUT2D eigenvalue weighted by Gasteiger charge is -2.35. The molecular formula is C48H74N2O6. The van der Waals surface area contributed by atoms with Crippen molar-refractivity contribution in [2.45, 2.75) is 145 Å². The van der Waals surface area contributed by atoms with Crippen molar-refractivity contribution in [3.63, 3.8) is 0 Å². The van der Waals surface area contributed by atoms with E-state index in [2.05, 4.69) is 90.3 Å². The second-order valence-electron chi connectivity index (χ2n) is 17.4.